The van der Waals surface area contributed by atoms with E-state index in [9.17, 15) is 14.6 Å². The van der Waals surface area contributed by atoms with E-state index in [1.165, 1.54) is 16.3 Å². The van der Waals surface area contributed by atoms with Gasteiger partial charge in [0.05, 0.1) is 17.2 Å². The standard InChI is InChI=1S/C22H22FN5O4S/c1-11-14(18(32-27-11)12-5-3-2-4-6-12)9-33-10-15-16(29)17(30)21(31-15)28-8-7-13-19(24)25-22(23)26-20(13)28/h2-8,15-17,21,29-30H,9-10H2,1H3,(H2,24,25,26)/t15-,16-,17-,21-/m1/s1. The third kappa shape index (κ3) is 3.97. The number of rotatable bonds is 6. The minimum absolute atomic E-state index is 0.00491. The normalized spacial score (nSPS) is 22.9. The fourth-order valence-corrected chi connectivity index (χ4v) is 5.15. The molecular formula is C22H22FN5O4S. The summed E-state index contributed by atoms with van der Waals surface area (Å²) in [6.07, 6.45) is -3.31. The number of aliphatic hydroxyl groups excluding tert-OH is 2. The fourth-order valence-electron chi connectivity index (χ4n) is 3.98. The van der Waals surface area contributed by atoms with Crippen LogP contribution in [0.5, 0.6) is 0 Å². The first-order valence-corrected chi connectivity index (χ1v) is 11.5. The molecule has 4 atom stereocenters. The number of hydrogen-bond acceptors (Lipinski definition) is 9. The molecule has 5 rings (SSSR count). The van der Waals surface area contributed by atoms with Gasteiger partial charge >= 0.3 is 6.08 Å². The lowest BCUT2D eigenvalue weighted by molar-refractivity contribution is -0.0286. The number of benzene rings is 1. The maximum absolute atomic E-state index is 13.7. The van der Waals surface area contributed by atoms with Crippen molar-refractivity contribution in [3.05, 3.63) is 59.9 Å². The van der Waals surface area contributed by atoms with Gasteiger partial charge in [-0.15, -0.1) is 0 Å². The minimum atomic E-state index is -1.22. The van der Waals surface area contributed by atoms with Crippen LogP contribution in [0.4, 0.5) is 10.2 Å². The zero-order valence-electron chi connectivity index (χ0n) is 17.6. The largest absolute Gasteiger partial charge is 0.387 e. The molecule has 1 fully saturated rings. The Balaban J connectivity index is 1.30. The van der Waals surface area contributed by atoms with E-state index in [0.717, 1.165) is 16.8 Å². The average molecular weight is 472 g/mol. The van der Waals surface area contributed by atoms with Crippen molar-refractivity contribution in [2.45, 2.75) is 37.2 Å². The van der Waals surface area contributed by atoms with E-state index in [1.54, 1.807) is 12.3 Å². The molecule has 172 valence electrons. The van der Waals surface area contributed by atoms with Crippen LogP contribution in [0, 0.1) is 13.0 Å². The van der Waals surface area contributed by atoms with Crippen molar-refractivity contribution in [2.75, 3.05) is 11.5 Å². The molecule has 1 saturated heterocycles. The van der Waals surface area contributed by atoms with Crippen molar-refractivity contribution < 1.29 is 23.9 Å². The summed E-state index contributed by atoms with van der Waals surface area (Å²) in [5.74, 6) is 1.71. The number of aryl methyl sites for hydroxylation is 1. The zero-order chi connectivity index (χ0) is 23.1. The number of thioether (sulfide) groups is 1. The Labute approximate surface area is 192 Å². The van der Waals surface area contributed by atoms with Gasteiger partial charge in [-0.3, -0.25) is 0 Å². The molecule has 1 aliphatic rings. The van der Waals surface area contributed by atoms with Gasteiger partial charge in [0.2, 0.25) is 0 Å². The van der Waals surface area contributed by atoms with E-state index in [2.05, 4.69) is 15.1 Å². The van der Waals surface area contributed by atoms with E-state index in [4.69, 9.17) is 15.0 Å². The highest BCUT2D eigenvalue weighted by Crippen LogP contribution is 2.35. The highest BCUT2D eigenvalue weighted by molar-refractivity contribution is 7.98. The number of hydrogen-bond donors (Lipinski definition) is 3. The monoisotopic (exact) mass is 471 g/mol. The zero-order valence-corrected chi connectivity index (χ0v) is 18.4. The summed E-state index contributed by atoms with van der Waals surface area (Å²) >= 11 is 1.53. The number of aliphatic hydroxyl groups is 2. The van der Waals surface area contributed by atoms with Crippen LogP contribution in [0.2, 0.25) is 0 Å². The van der Waals surface area contributed by atoms with Gasteiger partial charge in [-0.2, -0.15) is 26.1 Å². The second kappa shape index (κ2) is 8.75. The van der Waals surface area contributed by atoms with Crippen molar-refractivity contribution in [3.8, 4) is 11.3 Å². The van der Waals surface area contributed by atoms with Crippen LogP contribution in [0.3, 0.4) is 0 Å². The first kappa shape index (κ1) is 21.8. The second-order valence-electron chi connectivity index (χ2n) is 7.84. The van der Waals surface area contributed by atoms with Gasteiger partial charge in [0.25, 0.3) is 0 Å². The number of nitrogen functional groups attached to an aromatic ring is 1. The summed E-state index contributed by atoms with van der Waals surface area (Å²) in [5, 5.41) is 25.7. The molecule has 0 aliphatic carbocycles. The molecule has 4 aromatic rings. The maximum Gasteiger partial charge on any atom is 0.312 e. The molecule has 0 unspecified atom stereocenters. The number of halogens is 1. The highest BCUT2D eigenvalue weighted by atomic mass is 32.2. The van der Waals surface area contributed by atoms with E-state index in [1.807, 2.05) is 37.3 Å². The Morgan fingerprint density at radius 3 is 2.73 bits per heavy atom. The van der Waals surface area contributed by atoms with Crippen LogP contribution in [-0.4, -0.2) is 54.0 Å². The molecule has 0 saturated carbocycles. The Hall–Kier alpha value is -2.99. The van der Waals surface area contributed by atoms with Crippen molar-refractivity contribution in [1.82, 2.24) is 19.7 Å². The highest BCUT2D eigenvalue weighted by Gasteiger charge is 2.44. The van der Waals surface area contributed by atoms with Crippen LogP contribution >= 0.6 is 11.8 Å². The summed E-state index contributed by atoms with van der Waals surface area (Å²) in [4.78, 5) is 7.29. The molecular weight excluding hydrogens is 449 g/mol. The number of nitrogens with zero attached hydrogens (tertiary/aromatic N) is 4. The quantitative estimate of drug-likeness (QED) is 0.363. The SMILES string of the molecule is Cc1noc(-c2ccccc2)c1CSC[C@H]1O[C@@H](n2ccc3c(N)nc(F)nc32)[C@H](O)[C@@H]1O. The van der Waals surface area contributed by atoms with Crippen LogP contribution in [0.15, 0.2) is 47.1 Å². The summed E-state index contributed by atoms with van der Waals surface area (Å²) in [6.45, 7) is 1.89. The van der Waals surface area contributed by atoms with Gasteiger partial charge in [-0.25, -0.2) is 0 Å². The molecule has 33 heavy (non-hydrogen) atoms. The molecule has 0 spiro atoms. The summed E-state index contributed by atoms with van der Waals surface area (Å²) in [7, 11) is 0. The minimum Gasteiger partial charge on any atom is -0.387 e. The first-order valence-electron chi connectivity index (χ1n) is 10.3. The molecule has 9 nitrogen and oxygen atoms in total. The molecule has 0 bridgehead atoms. The summed E-state index contributed by atoms with van der Waals surface area (Å²) < 4.78 is 26.7. The predicted octanol–water partition coefficient (Wildman–Crippen LogP) is 2.67. The van der Waals surface area contributed by atoms with E-state index < -0.39 is 30.6 Å². The van der Waals surface area contributed by atoms with Gasteiger partial charge in [0.15, 0.2) is 17.6 Å². The van der Waals surface area contributed by atoms with Crippen LogP contribution < -0.4 is 5.73 Å². The van der Waals surface area contributed by atoms with Crippen molar-refractivity contribution in [3.63, 3.8) is 0 Å². The van der Waals surface area contributed by atoms with Gasteiger partial charge in [-0.1, -0.05) is 35.5 Å². The molecule has 3 aromatic heterocycles. The number of ether oxygens (including phenoxy) is 1. The summed E-state index contributed by atoms with van der Waals surface area (Å²) in [5.41, 5.74) is 8.66. The molecule has 0 radical (unpaired) electrons. The smallest absolute Gasteiger partial charge is 0.312 e. The maximum atomic E-state index is 13.7. The van der Waals surface area contributed by atoms with E-state index >= 15 is 0 Å². The molecule has 11 heteroatoms. The van der Waals surface area contributed by atoms with E-state index in [-0.39, 0.29) is 11.5 Å². The summed E-state index contributed by atoms with van der Waals surface area (Å²) in [6, 6.07) is 11.3. The number of aromatic nitrogens is 4. The van der Waals surface area contributed by atoms with Gasteiger partial charge in [0, 0.05) is 28.8 Å². The van der Waals surface area contributed by atoms with Gasteiger partial charge in [0.1, 0.15) is 18.0 Å². The number of fused-ring (bicyclic) bond motifs is 1. The lowest BCUT2D eigenvalue weighted by atomic mass is 10.1. The van der Waals surface area contributed by atoms with Crippen molar-refractivity contribution in [2.24, 2.45) is 0 Å². The lowest BCUT2D eigenvalue weighted by Gasteiger charge is -2.17. The Morgan fingerprint density at radius 1 is 1.15 bits per heavy atom. The second-order valence-corrected chi connectivity index (χ2v) is 8.87. The number of anilines is 1. The van der Waals surface area contributed by atoms with Gasteiger partial charge < -0.3 is 29.8 Å². The Bertz CT molecular complexity index is 1280. The first-order chi connectivity index (χ1) is 15.9. The fraction of sp³-hybridized carbons (Fsp3) is 0.318. The van der Waals surface area contributed by atoms with Crippen molar-refractivity contribution in [1.29, 1.82) is 0 Å². The third-order valence-electron chi connectivity index (χ3n) is 5.73. The molecule has 1 aromatic carbocycles. The lowest BCUT2D eigenvalue weighted by Crippen LogP contribution is -2.32. The van der Waals surface area contributed by atoms with Gasteiger partial charge in [-0.05, 0) is 13.0 Å². The molecule has 1 aliphatic heterocycles. The average Bonchev–Trinajstić information content (AvgIpc) is 3.46. The topological polar surface area (TPSA) is 132 Å². The van der Waals surface area contributed by atoms with E-state index in [0.29, 0.717) is 22.7 Å². The molecule has 4 heterocycles. The van der Waals surface area contributed by atoms with Crippen LogP contribution in [0.1, 0.15) is 17.5 Å². The van der Waals surface area contributed by atoms with Crippen LogP contribution in [0.25, 0.3) is 22.4 Å². The molecule has 0 amide bonds. The Morgan fingerprint density at radius 2 is 1.94 bits per heavy atom. The molecule has 4 N–H and O–H groups in total. The van der Waals surface area contributed by atoms with Crippen LogP contribution in [-0.2, 0) is 10.5 Å². The number of nitrogens with two attached hydrogens (primary N) is 1. The Kier molecular flexibility index (Phi) is 5.79. The van der Waals surface area contributed by atoms with Crippen molar-refractivity contribution >= 4 is 28.6 Å². The predicted molar refractivity (Wildman–Crippen MR) is 121 cm³/mol. The third-order valence-corrected chi connectivity index (χ3v) is 6.79.